The van der Waals surface area contributed by atoms with Crippen LogP contribution in [0.15, 0.2) is 47.5 Å². The van der Waals surface area contributed by atoms with Crippen molar-refractivity contribution in [3.63, 3.8) is 0 Å². The number of nitrogens with zero attached hydrogens (tertiary/aromatic N) is 2. The number of carbonyl (C=O) groups excluding carboxylic acids is 1. The number of nitrogens with one attached hydrogen (secondary N) is 3. The Hall–Kier alpha value is -3.22. The van der Waals surface area contributed by atoms with Crippen LogP contribution < -0.4 is 10.9 Å². The minimum atomic E-state index is -0.547. The van der Waals surface area contributed by atoms with E-state index in [1.54, 1.807) is 6.07 Å². The number of carbonyl (C=O) groups is 1. The molecule has 3 rings (SSSR count). The van der Waals surface area contributed by atoms with Gasteiger partial charge in [0.05, 0.1) is 0 Å². The summed E-state index contributed by atoms with van der Waals surface area (Å²) in [7, 11) is 0. The van der Waals surface area contributed by atoms with E-state index < -0.39 is 11.5 Å². The maximum absolute atomic E-state index is 12.1. The molecule has 110 valence electrons. The Morgan fingerprint density at radius 1 is 1.23 bits per heavy atom. The largest absolute Gasteiger partial charge is 0.321 e. The average molecular weight is 295 g/mol. The summed E-state index contributed by atoms with van der Waals surface area (Å²) < 4.78 is 0. The highest BCUT2D eigenvalue weighted by molar-refractivity contribution is 6.03. The number of pyridine rings is 1. The van der Waals surface area contributed by atoms with Gasteiger partial charge in [0, 0.05) is 5.69 Å². The van der Waals surface area contributed by atoms with Crippen molar-refractivity contribution in [1.82, 2.24) is 20.2 Å². The van der Waals surface area contributed by atoms with Crippen LogP contribution in [0.3, 0.4) is 0 Å². The zero-order valence-electron chi connectivity index (χ0n) is 11.8. The Morgan fingerprint density at radius 2 is 2.09 bits per heavy atom. The first-order valence-electron chi connectivity index (χ1n) is 6.60. The second kappa shape index (κ2) is 5.65. The summed E-state index contributed by atoms with van der Waals surface area (Å²) in [4.78, 5) is 30.6. The van der Waals surface area contributed by atoms with Crippen molar-refractivity contribution >= 4 is 11.9 Å². The lowest BCUT2D eigenvalue weighted by atomic mass is 10.1. The summed E-state index contributed by atoms with van der Waals surface area (Å²) in [5.41, 5.74) is 2.18. The number of amides is 1. The topological polar surface area (TPSA) is 104 Å². The standard InChI is InChI=1S/C15H13N5O2/c1-9-3-2-4-10(7-9)12-6-5-11(13(21)18-12)14(22)19-15-16-8-17-20-15/h2-8H,1H3,(H,18,21)(H2,16,17,19,20,22). The van der Waals surface area contributed by atoms with Crippen molar-refractivity contribution in [2.75, 3.05) is 5.32 Å². The number of aromatic nitrogens is 4. The van der Waals surface area contributed by atoms with E-state index in [1.165, 1.54) is 12.4 Å². The number of anilines is 1. The molecule has 2 heterocycles. The molecule has 0 aliphatic heterocycles. The Labute approximate surface area is 125 Å². The molecule has 7 heteroatoms. The number of aromatic amines is 2. The number of hydrogen-bond acceptors (Lipinski definition) is 4. The van der Waals surface area contributed by atoms with Gasteiger partial charge in [0.15, 0.2) is 0 Å². The minimum Gasteiger partial charge on any atom is -0.321 e. The van der Waals surface area contributed by atoms with Crippen LogP contribution in [0.5, 0.6) is 0 Å². The monoisotopic (exact) mass is 295 g/mol. The molecule has 3 N–H and O–H groups in total. The molecule has 1 aromatic carbocycles. The molecule has 2 aromatic heterocycles. The first-order chi connectivity index (χ1) is 10.6. The lowest BCUT2D eigenvalue weighted by Crippen LogP contribution is -2.23. The predicted octanol–water partition coefficient (Wildman–Crippen LogP) is 1.72. The molecular weight excluding hydrogens is 282 g/mol. The van der Waals surface area contributed by atoms with Crippen molar-refractivity contribution in [1.29, 1.82) is 0 Å². The van der Waals surface area contributed by atoms with E-state index in [1.807, 2.05) is 31.2 Å². The minimum absolute atomic E-state index is 0.00723. The number of hydrogen-bond donors (Lipinski definition) is 3. The van der Waals surface area contributed by atoms with Gasteiger partial charge in [-0.05, 0) is 30.7 Å². The molecule has 0 fully saturated rings. The van der Waals surface area contributed by atoms with Gasteiger partial charge in [0.1, 0.15) is 11.9 Å². The van der Waals surface area contributed by atoms with Gasteiger partial charge in [0.2, 0.25) is 5.95 Å². The zero-order valence-corrected chi connectivity index (χ0v) is 11.8. The molecule has 0 atom stereocenters. The number of aryl methyl sites for hydroxylation is 1. The summed E-state index contributed by atoms with van der Waals surface area (Å²) in [6.45, 7) is 1.97. The third-order valence-electron chi connectivity index (χ3n) is 3.13. The number of rotatable bonds is 3. The molecule has 0 aliphatic carbocycles. The molecule has 22 heavy (non-hydrogen) atoms. The summed E-state index contributed by atoms with van der Waals surface area (Å²) in [5, 5.41) is 8.57. The quantitative estimate of drug-likeness (QED) is 0.684. The van der Waals surface area contributed by atoms with Gasteiger partial charge in [-0.1, -0.05) is 23.8 Å². The van der Waals surface area contributed by atoms with Crippen molar-refractivity contribution < 1.29 is 4.79 Å². The van der Waals surface area contributed by atoms with Crippen LogP contribution >= 0.6 is 0 Å². The molecule has 0 spiro atoms. The lowest BCUT2D eigenvalue weighted by molar-refractivity contribution is 0.102. The molecule has 1 amide bonds. The summed E-state index contributed by atoms with van der Waals surface area (Å²) in [6.07, 6.45) is 1.26. The second-order valence-corrected chi connectivity index (χ2v) is 4.77. The molecule has 0 bridgehead atoms. The summed E-state index contributed by atoms with van der Waals surface area (Å²) >= 11 is 0. The Bertz CT molecular complexity index is 868. The fourth-order valence-corrected chi connectivity index (χ4v) is 2.07. The van der Waals surface area contributed by atoms with Crippen LogP contribution in [0.2, 0.25) is 0 Å². The van der Waals surface area contributed by atoms with Gasteiger partial charge in [-0.3, -0.25) is 14.9 Å². The maximum atomic E-state index is 12.1. The average Bonchev–Trinajstić information content (AvgIpc) is 3.00. The highest BCUT2D eigenvalue weighted by Gasteiger charge is 2.12. The summed E-state index contributed by atoms with van der Waals surface area (Å²) in [5.74, 6) is -0.360. The molecule has 0 saturated carbocycles. The van der Waals surface area contributed by atoms with Gasteiger partial charge in [-0.2, -0.15) is 10.1 Å². The van der Waals surface area contributed by atoms with Crippen LogP contribution in [0.1, 0.15) is 15.9 Å². The fraction of sp³-hybridized carbons (Fsp3) is 0.0667. The molecule has 0 unspecified atom stereocenters. The first kappa shape index (κ1) is 13.7. The van der Waals surface area contributed by atoms with E-state index in [0.717, 1.165) is 11.1 Å². The van der Waals surface area contributed by atoms with Crippen LogP contribution in [0, 0.1) is 6.92 Å². The van der Waals surface area contributed by atoms with E-state index >= 15 is 0 Å². The number of benzene rings is 1. The SMILES string of the molecule is Cc1cccc(-c2ccc(C(=O)Nc3ncn[nH]3)c(=O)[nH]2)c1. The van der Waals surface area contributed by atoms with Crippen LogP contribution in [-0.4, -0.2) is 26.1 Å². The van der Waals surface area contributed by atoms with Crippen molar-refractivity contribution in [3.8, 4) is 11.3 Å². The predicted molar refractivity (Wildman–Crippen MR) is 81.6 cm³/mol. The maximum Gasteiger partial charge on any atom is 0.263 e. The van der Waals surface area contributed by atoms with E-state index in [-0.39, 0.29) is 11.5 Å². The fourth-order valence-electron chi connectivity index (χ4n) is 2.07. The second-order valence-electron chi connectivity index (χ2n) is 4.77. The molecule has 0 saturated heterocycles. The molecule has 0 aliphatic rings. The smallest absolute Gasteiger partial charge is 0.263 e. The third-order valence-corrected chi connectivity index (χ3v) is 3.13. The molecule has 0 radical (unpaired) electrons. The number of H-pyrrole nitrogens is 2. The van der Waals surface area contributed by atoms with E-state index in [2.05, 4.69) is 25.5 Å². The molecular formula is C15H13N5O2. The first-order valence-corrected chi connectivity index (χ1v) is 6.60. The van der Waals surface area contributed by atoms with Gasteiger partial charge in [-0.15, -0.1) is 0 Å². The van der Waals surface area contributed by atoms with E-state index in [0.29, 0.717) is 5.69 Å². The van der Waals surface area contributed by atoms with Gasteiger partial charge < -0.3 is 4.98 Å². The van der Waals surface area contributed by atoms with E-state index in [4.69, 9.17) is 0 Å². The van der Waals surface area contributed by atoms with Gasteiger partial charge >= 0.3 is 0 Å². The Morgan fingerprint density at radius 3 is 2.77 bits per heavy atom. The Balaban J connectivity index is 1.89. The van der Waals surface area contributed by atoms with Crippen LogP contribution in [-0.2, 0) is 0 Å². The zero-order chi connectivity index (χ0) is 15.5. The van der Waals surface area contributed by atoms with E-state index in [9.17, 15) is 9.59 Å². The van der Waals surface area contributed by atoms with Crippen molar-refractivity contribution in [2.45, 2.75) is 6.92 Å². The highest BCUT2D eigenvalue weighted by atomic mass is 16.2. The highest BCUT2D eigenvalue weighted by Crippen LogP contribution is 2.17. The van der Waals surface area contributed by atoms with Gasteiger partial charge in [0.25, 0.3) is 11.5 Å². The third kappa shape index (κ3) is 2.78. The van der Waals surface area contributed by atoms with Crippen molar-refractivity contribution in [3.05, 3.63) is 64.2 Å². The molecule has 7 nitrogen and oxygen atoms in total. The molecule has 3 aromatic rings. The van der Waals surface area contributed by atoms with Crippen LogP contribution in [0.25, 0.3) is 11.3 Å². The summed E-state index contributed by atoms with van der Waals surface area (Å²) in [6, 6.07) is 10.9. The van der Waals surface area contributed by atoms with Crippen LogP contribution in [0.4, 0.5) is 5.95 Å². The lowest BCUT2D eigenvalue weighted by Gasteiger charge is -2.05. The van der Waals surface area contributed by atoms with Gasteiger partial charge in [-0.25, -0.2) is 5.10 Å². The van der Waals surface area contributed by atoms with Crippen molar-refractivity contribution in [2.24, 2.45) is 0 Å². The Kier molecular flexibility index (Phi) is 3.53. The normalized spacial score (nSPS) is 10.4.